The molecular weight excluding hydrogens is 331 g/mol. The van der Waals surface area contributed by atoms with Crippen LogP contribution in [-0.4, -0.2) is 10.2 Å². The first-order valence-electron chi connectivity index (χ1n) is 4.81. The second kappa shape index (κ2) is 4.94. The van der Waals surface area contributed by atoms with Gasteiger partial charge in [-0.25, -0.2) is 0 Å². The van der Waals surface area contributed by atoms with Crippen molar-refractivity contribution in [1.82, 2.24) is 10.2 Å². The number of benzene rings is 1. The highest BCUT2D eigenvalue weighted by Gasteiger charge is 2.31. The molecule has 1 heterocycles. The highest BCUT2D eigenvalue weighted by Crippen LogP contribution is 2.36. The largest absolute Gasteiger partial charge is 0.416 e. The fourth-order valence-electron chi connectivity index (χ4n) is 1.31. The highest BCUT2D eigenvalue weighted by atomic mass is 79.9. The smallest absolute Gasteiger partial charge is 0.324 e. The maximum Gasteiger partial charge on any atom is 0.416 e. The van der Waals surface area contributed by atoms with Gasteiger partial charge in [-0.05, 0) is 18.2 Å². The summed E-state index contributed by atoms with van der Waals surface area (Å²) >= 11 is 4.38. The molecule has 0 amide bonds. The molecule has 2 aromatic rings. The summed E-state index contributed by atoms with van der Waals surface area (Å²) < 4.78 is 38.4. The summed E-state index contributed by atoms with van der Waals surface area (Å²) in [5.41, 5.74) is 5.04. The van der Waals surface area contributed by atoms with E-state index in [-0.39, 0.29) is 6.54 Å². The summed E-state index contributed by atoms with van der Waals surface area (Å²) in [5, 5.41) is 8.61. The Hall–Kier alpha value is -0.990. The Balaban J connectivity index is 2.49. The molecule has 0 bridgehead atoms. The van der Waals surface area contributed by atoms with E-state index in [1.165, 1.54) is 17.4 Å². The van der Waals surface area contributed by atoms with Gasteiger partial charge in [0.1, 0.15) is 10.0 Å². The average Bonchev–Trinajstić information content (AvgIpc) is 2.76. The van der Waals surface area contributed by atoms with Gasteiger partial charge in [-0.15, -0.1) is 10.2 Å². The molecule has 0 saturated carbocycles. The Morgan fingerprint density at radius 2 is 2.00 bits per heavy atom. The van der Waals surface area contributed by atoms with E-state index in [0.29, 0.717) is 20.1 Å². The van der Waals surface area contributed by atoms with Gasteiger partial charge in [-0.3, -0.25) is 0 Å². The zero-order chi connectivity index (χ0) is 13.3. The van der Waals surface area contributed by atoms with Crippen LogP contribution in [0.1, 0.15) is 10.6 Å². The first-order chi connectivity index (χ1) is 8.41. The van der Waals surface area contributed by atoms with Crippen molar-refractivity contribution in [1.29, 1.82) is 0 Å². The minimum atomic E-state index is -4.38. The van der Waals surface area contributed by atoms with Crippen LogP contribution in [0.2, 0.25) is 0 Å². The van der Waals surface area contributed by atoms with Crippen molar-refractivity contribution in [2.24, 2.45) is 5.73 Å². The first kappa shape index (κ1) is 13.4. The van der Waals surface area contributed by atoms with E-state index >= 15 is 0 Å². The van der Waals surface area contributed by atoms with Crippen LogP contribution >= 0.6 is 27.3 Å². The number of hydrogen-bond donors (Lipinski definition) is 1. The fraction of sp³-hybridized carbons (Fsp3) is 0.200. The first-order valence-corrected chi connectivity index (χ1v) is 6.42. The summed E-state index contributed by atoms with van der Waals surface area (Å²) in [6.45, 7) is 0.217. The number of halogens is 4. The van der Waals surface area contributed by atoms with Crippen LogP contribution in [0.15, 0.2) is 22.7 Å². The molecule has 0 saturated heterocycles. The monoisotopic (exact) mass is 337 g/mol. The molecule has 18 heavy (non-hydrogen) atoms. The quantitative estimate of drug-likeness (QED) is 0.913. The second-order valence-corrected chi connectivity index (χ2v) is 5.31. The van der Waals surface area contributed by atoms with Gasteiger partial charge in [0.2, 0.25) is 0 Å². The number of nitrogens with zero attached hydrogens (tertiary/aromatic N) is 2. The van der Waals surface area contributed by atoms with Crippen molar-refractivity contribution < 1.29 is 13.2 Å². The van der Waals surface area contributed by atoms with Gasteiger partial charge < -0.3 is 5.73 Å². The van der Waals surface area contributed by atoms with Crippen molar-refractivity contribution in [3.8, 4) is 10.6 Å². The number of alkyl halides is 3. The van der Waals surface area contributed by atoms with E-state index in [9.17, 15) is 13.2 Å². The Kier molecular flexibility index (Phi) is 3.69. The summed E-state index contributed by atoms with van der Waals surface area (Å²) in [6, 6.07) is 3.41. The minimum Gasteiger partial charge on any atom is -0.324 e. The van der Waals surface area contributed by atoms with Crippen LogP contribution in [0.3, 0.4) is 0 Å². The molecule has 0 aliphatic carbocycles. The summed E-state index contributed by atoms with van der Waals surface area (Å²) in [4.78, 5) is 0. The lowest BCUT2D eigenvalue weighted by Crippen LogP contribution is -2.04. The number of rotatable bonds is 2. The summed E-state index contributed by atoms with van der Waals surface area (Å²) in [7, 11) is 0. The van der Waals surface area contributed by atoms with E-state index in [1.54, 1.807) is 0 Å². The van der Waals surface area contributed by atoms with Gasteiger partial charge in [0, 0.05) is 16.6 Å². The normalized spacial score (nSPS) is 11.8. The highest BCUT2D eigenvalue weighted by molar-refractivity contribution is 9.10. The van der Waals surface area contributed by atoms with Gasteiger partial charge in [0.15, 0.2) is 0 Å². The standard InChI is InChI=1S/C10H7BrF3N3S/c11-7-2-1-5(10(12,13)14)3-6(7)9-17-16-8(4-15)18-9/h1-3H,4,15H2. The maximum atomic E-state index is 12.6. The molecule has 0 aliphatic heterocycles. The Labute approximate surface area is 113 Å². The van der Waals surface area contributed by atoms with Crippen molar-refractivity contribution in [2.45, 2.75) is 12.7 Å². The van der Waals surface area contributed by atoms with Crippen LogP contribution in [0, 0.1) is 0 Å². The molecular formula is C10H7BrF3N3S. The minimum absolute atomic E-state index is 0.217. The van der Waals surface area contributed by atoms with Crippen molar-refractivity contribution in [3.05, 3.63) is 33.2 Å². The van der Waals surface area contributed by atoms with E-state index in [0.717, 1.165) is 12.1 Å². The molecule has 2 rings (SSSR count). The lowest BCUT2D eigenvalue weighted by molar-refractivity contribution is -0.137. The number of nitrogens with two attached hydrogens (primary N) is 1. The summed E-state index contributed by atoms with van der Waals surface area (Å²) in [6.07, 6.45) is -4.38. The Morgan fingerprint density at radius 1 is 1.28 bits per heavy atom. The van der Waals surface area contributed by atoms with Crippen molar-refractivity contribution in [2.75, 3.05) is 0 Å². The fourth-order valence-corrected chi connectivity index (χ4v) is 2.62. The van der Waals surface area contributed by atoms with E-state index in [4.69, 9.17) is 5.73 Å². The van der Waals surface area contributed by atoms with Crippen LogP contribution in [0.5, 0.6) is 0 Å². The Morgan fingerprint density at radius 3 is 2.56 bits per heavy atom. The molecule has 96 valence electrons. The van der Waals surface area contributed by atoms with Gasteiger partial charge >= 0.3 is 6.18 Å². The molecule has 1 aromatic heterocycles. The third-order valence-electron chi connectivity index (χ3n) is 2.17. The Bertz CT molecular complexity index is 568. The third kappa shape index (κ3) is 2.70. The van der Waals surface area contributed by atoms with E-state index in [1.807, 2.05) is 0 Å². The second-order valence-electron chi connectivity index (χ2n) is 3.40. The number of hydrogen-bond acceptors (Lipinski definition) is 4. The third-order valence-corrected chi connectivity index (χ3v) is 3.84. The lowest BCUT2D eigenvalue weighted by Gasteiger charge is -2.08. The van der Waals surface area contributed by atoms with E-state index < -0.39 is 11.7 Å². The molecule has 0 atom stereocenters. The van der Waals surface area contributed by atoms with Crippen LogP contribution in [-0.2, 0) is 12.7 Å². The van der Waals surface area contributed by atoms with Gasteiger partial charge in [0.25, 0.3) is 0 Å². The number of aromatic nitrogens is 2. The molecule has 0 unspecified atom stereocenters. The van der Waals surface area contributed by atoms with Gasteiger partial charge in [0.05, 0.1) is 5.56 Å². The predicted octanol–water partition coefficient (Wildman–Crippen LogP) is 3.45. The van der Waals surface area contributed by atoms with Crippen molar-refractivity contribution >= 4 is 27.3 Å². The zero-order valence-corrected chi connectivity index (χ0v) is 11.2. The topological polar surface area (TPSA) is 51.8 Å². The van der Waals surface area contributed by atoms with E-state index in [2.05, 4.69) is 26.1 Å². The SMILES string of the molecule is NCc1nnc(-c2cc(C(F)(F)F)ccc2Br)s1. The molecule has 2 N–H and O–H groups in total. The zero-order valence-electron chi connectivity index (χ0n) is 8.83. The summed E-state index contributed by atoms with van der Waals surface area (Å²) in [5.74, 6) is 0. The molecule has 0 aliphatic rings. The van der Waals surface area contributed by atoms with Gasteiger partial charge in [-0.1, -0.05) is 27.3 Å². The van der Waals surface area contributed by atoms with Gasteiger partial charge in [-0.2, -0.15) is 13.2 Å². The van der Waals surface area contributed by atoms with Crippen molar-refractivity contribution in [3.63, 3.8) is 0 Å². The molecule has 0 radical (unpaired) electrons. The predicted molar refractivity (Wildman–Crippen MR) is 65.9 cm³/mol. The van der Waals surface area contributed by atoms with Crippen LogP contribution in [0.25, 0.3) is 10.6 Å². The van der Waals surface area contributed by atoms with Crippen LogP contribution in [0.4, 0.5) is 13.2 Å². The maximum absolute atomic E-state index is 12.6. The molecule has 3 nitrogen and oxygen atoms in total. The lowest BCUT2D eigenvalue weighted by atomic mass is 10.1. The molecule has 1 aromatic carbocycles. The average molecular weight is 338 g/mol. The molecule has 0 fully saturated rings. The molecule has 8 heteroatoms. The molecule has 0 spiro atoms. The van der Waals surface area contributed by atoms with Crippen LogP contribution < -0.4 is 5.73 Å².